The maximum absolute atomic E-state index is 12.9. The number of alkyl carbamates (subject to hydrolysis) is 1. The molecule has 0 aliphatic rings. The number of carbonyl (C=O) groups is 3. The van der Waals surface area contributed by atoms with Crippen molar-refractivity contribution >= 4 is 18.3 Å². The van der Waals surface area contributed by atoms with Crippen molar-refractivity contribution in [1.82, 2.24) is 10.6 Å². The van der Waals surface area contributed by atoms with E-state index in [1.807, 2.05) is 60.7 Å². The van der Waals surface area contributed by atoms with Crippen LogP contribution in [0.15, 0.2) is 97.6 Å². The largest absolute Gasteiger partial charge is 0.445 e. The van der Waals surface area contributed by atoms with Crippen LogP contribution in [0.1, 0.15) is 17.5 Å². The predicted molar refractivity (Wildman–Crippen MR) is 125 cm³/mol. The normalized spacial score (nSPS) is 12.4. The SMILES string of the molecule is C=C/C=C\C(=C)CC(NC(=O)OCc1ccccc1)C(=O)NC(C=O)Cc1ccccc1. The van der Waals surface area contributed by atoms with Gasteiger partial charge in [-0.15, -0.1) is 0 Å². The Morgan fingerprint density at radius 3 is 2.19 bits per heavy atom. The molecule has 2 unspecified atom stereocenters. The second-order valence-electron chi connectivity index (χ2n) is 7.16. The Labute approximate surface area is 188 Å². The van der Waals surface area contributed by atoms with E-state index in [1.54, 1.807) is 18.2 Å². The summed E-state index contributed by atoms with van der Waals surface area (Å²) in [5.41, 5.74) is 2.35. The summed E-state index contributed by atoms with van der Waals surface area (Å²) < 4.78 is 5.23. The van der Waals surface area contributed by atoms with E-state index in [2.05, 4.69) is 23.8 Å². The fourth-order valence-corrected chi connectivity index (χ4v) is 2.94. The zero-order chi connectivity index (χ0) is 23.2. The predicted octanol–water partition coefficient (Wildman–Crippen LogP) is 3.90. The van der Waals surface area contributed by atoms with Gasteiger partial charge in [-0.1, -0.05) is 97.6 Å². The Balaban J connectivity index is 2.02. The summed E-state index contributed by atoms with van der Waals surface area (Å²) in [7, 11) is 0. The number of rotatable bonds is 12. The van der Waals surface area contributed by atoms with Gasteiger partial charge in [0.1, 0.15) is 18.9 Å². The van der Waals surface area contributed by atoms with Crippen LogP contribution in [0.2, 0.25) is 0 Å². The third kappa shape index (κ3) is 8.83. The summed E-state index contributed by atoms with van der Waals surface area (Å²) in [6.45, 7) is 7.58. The molecular weight excluding hydrogens is 404 g/mol. The summed E-state index contributed by atoms with van der Waals surface area (Å²) in [5, 5.41) is 5.27. The van der Waals surface area contributed by atoms with E-state index in [-0.39, 0.29) is 13.0 Å². The van der Waals surface area contributed by atoms with Crippen molar-refractivity contribution in [3.63, 3.8) is 0 Å². The quantitative estimate of drug-likeness (QED) is 0.394. The van der Waals surface area contributed by atoms with Crippen LogP contribution in [0.5, 0.6) is 0 Å². The van der Waals surface area contributed by atoms with Gasteiger partial charge in [0, 0.05) is 6.42 Å². The van der Waals surface area contributed by atoms with E-state index in [9.17, 15) is 14.4 Å². The highest BCUT2D eigenvalue weighted by molar-refractivity contribution is 5.88. The molecule has 0 fully saturated rings. The van der Waals surface area contributed by atoms with Gasteiger partial charge in [-0.25, -0.2) is 4.79 Å². The molecule has 0 bridgehead atoms. The van der Waals surface area contributed by atoms with Crippen molar-refractivity contribution in [3.05, 3.63) is 109 Å². The van der Waals surface area contributed by atoms with Gasteiger partial charge in [-0.2, -0.15) is 0 Å². The van der Waals surface area contributed by atoms with E-state index in [0.29, 0.717) is 18.3 Å². The summed E-state index contributed by atoms with van der Waals surface area (Å²) in [6, 6.07) is 16.9. The minimum absolute atomic E-state index is 0.0727. The second-order valence-corrected chi connectivity index (χ2v) is 7.16. The first-order chi connectivity index (χ1) is 15.5. The Hall–Kier alpha value is -3.93. The molecule has 2 N–H and O–H groups in total. The Kier molecular flexibility index (Phi) is 10.2. The molecule has 2 amide bonds. The van der Waals surface area contributed by atoms with Crippen LogP contribution < -0.4 is 10.6 Å². The fraction of sp³-hybridized carbons (Fsp3) is 0.192. The number of hydrogen-bond acceptors (Lipinski definition) is 4. The molecule has 0 spiro atoms. The first-order valence-electron chi connectivity index (χ1n) is 10.3. The van der Waals surface area contributed by atoms with Gasteiger partial charge in [0.2, 0.25) is 5.91 Å². The highest BCUT2D eigenvalue weighted by Gasteiger charge is 2.24. The number of amides is 2. The molecular formula is C26H28N2O4. The Morgan fingerprint density at radius 1 is 0.969 bits per heavy atom. The topological polar surface area (TPSA) is 84.5 Å². The smallest absolute Gasteiger partial charge is 0.408 e. The van der Waals surface area contributed by atoms with Crippen LogP contribution >= 0.6 is 0 Å². The van der Waals surface area contributed by atoms with Crippen LogP contribution in [0.3, 0.4) is 0 Å². The molecule has 2 aromatic carbocycles. The molecule has 0 saturated heterocycles. The molecule has 2 atom stereocenters. The van der Waals surface area contributed by atoms with Gasteiger partial charge in [-0.3, -0.25) is 4.79 Å². The van der Waals surface area contributed by atoms with Gasteiger partial charge in [0.15, 0.2) is 0 Å². The number of nitrogens with one attached hydrogen (secondary N) is 2. The lowest BCUT2D eigenvalue weighted by atomic mass is 10.0. The van der Waals surface area contributed by atoms with E-state index >= 15 is 0 Å². The van der Waals surface area contributed by atoms with E-state index in [4.69, 9.17) is 4.74 Å². The van der Waals surface area contributed by atoms with Crippen molar-refractivity contribution in [3.8, 4) is 0 Å². The molecule has 0 saturated carbocycles. The second kappa shape index (κ2) is 13.4. The average molecular weight is 433 g/mol. The molecule has 6 heteroatoms. The number of ether oxygens (including phenoxy) is 1. The summed E-state index contributed by atoms with van der Waals surface area (Å²) in [5.74, 6) is -0.497. The van der Waals surface area contributed by atoms with Crippen molar-refractivity contribution in [2.75, 3.05) is 0 Å². The maximum atomic E-state index is 12.9. The van der Waals surface area contributed by atoms with E-state index in [0.717, 1.165) is 11.1 Å². The fourth-order valence-electron chi connectivity index (χ4n) is 2.94. The molecule has 166 valence electrons. The molecule has 32 heavy (non-hydrogen) atoms. The minimum Gasteiger partial charge on any atom is -0.445 e. The third-order valence-electron chi connectivity index (χ3n) is 4.55. The monoisotopic (exact) mass is 432 g/mol. The zero-order valence-electron chi connectivity index (χ0n) is 17.9. The zero-order valence-corrected chi connectivity index (χ0v) is 17.9. The van der Waals surface area contributed by atoms with Crippen LogP contribution in [0.25, 0.3) is 0 Å². The number of aldehydes is 1. The van der Waals surface area contributed by atoms with Gasteiger partial charge in [0.25, 0.3) is 0 Å². The number of hydrogen-bond donors (Lipinski definition) is 2. The number of allylic oxidation sites excluding steroid dienone is 3. The Morgan fingerprint density at radius 2 is 1.59 bits per heavy atom. The van der Waals surface area contributed by atoms with Gasteiger partial charge in [0.05, 0.1) is 6.04 Å². The van der Waals surface area contributed by atoms with Crippen molar-refractivity contribution in [1.29, 1.82) is 0 Å². The lowest BCUT2D eigenvalue weighted by Gasteiger charge is -2.21. The van der Waals surface area contributed by atoms with E-state index < -0.39 is 24.1 Å². The highest BCUT2D eigenvalue weighted by Crippen LogP contribution is 2.09. The standard InChI is InChI=1S/C26H28N2O4/c1-3-4-11-20(2)16-24(28-26(31)32-19-22-14-9-6-10-15-22)25(30)27-23(18-29)17-21-12-7-5-8-13-21/h3-15,18,23-24H,1-2,16-17,19H2,(H,27,30)(H,28,31)/b11-4-. The number of benzene rings is 2. The highest BCUT2D eigenvalue weighted by atomic mass is 16.5. The number of carbonyl (C=O) groups excluding carboxylic acids is 3. The molecule has 0 aliphatic heterocycles. The molecule has 2 rings (SSSR count). The van der Waals surface area contributed by atoms with Crippen molar-refractivity contribution in [2.24, 2.45) is 0 Å². The summed E-state index contributed by atoms with van der Waals surface area (Å²) in [6.07, 6.45) is 5.42. The molecule has 0 heterocycles. The van der Waals surface area contributed by atoms with Crippen molar-refractivity contribution in [2.45, 2.75) is 31.5 Å². The molecule has 0 radical (unpaired) electrons. The molecule has 0 aromatic heterocycles. The molecule has 6 nitrogen and oxygen atoms in total. The first kappa shape index (κ1) is 24.3. The van der Waals surface area contributed by atoms with Gasteiger partial charge in [-0.05, 0) is 17.5 Å². The Bertz CT molecular complexity index is 939. The van der Waals surface area contributed by atoms with Crippen LogP contribution in [0.4, 0.5) is 4.79 Å². The average Bonchev–Trinajstić information content (AvgIpc) is 2.81. The minimum atomic E-state index is -0.960. The lowest BCUT2D eigenvalue weighted by Crippen LogP contribution is -2.50. The van der Waals surface area contributed by atoms with Gasteiger partial charge >= 0.3 is 6.09 Å². The van der Waals surface area contributed by atoms with Crippen LogP contribution in [-0.2, 0) is 27.4 Å². The van der Waals surface area contributed by atoms with E-state index in [1.165, 1.54) is 0 Å². The first-order valence-corrected chi connectivity index (χ1v) is 10.3. The third-order valence-corrected chi connectivity index (χ3v) is 4.55. The molecule has 2 aromatic rings. The summed E-state index contributed by atoms with van der Waals surface area (Å²) in [4.78, 5) is 36.8. The van der Waals surface area contributed by atoms with Gasteiger partial charge < -0.3 is 20.2 Å². The molecule has 0 aliphatic carbocycles. The van der Waals surface area contributed by atoms with Crippen molar-refractivity contribution < 1.29 is 19.1 Å². The summed E-state index contributed by atoms with van der Waals surface area (Å²) >= 11 is 0. The lowest BCUT2D eigenvalue weighted by molar-refractivity contribution is -0.125. The maximum Gasteiger partial charge on any atom is 0.408 e. The van der Waals surface area contributed by atoms with Crippen LogP contribution in [0, 0.1) is 0 Å². The van der Waals surface area contributed by atoms with Crippen LogP contribution in [-0.4, -0.2) is 30.4 Å².